The van der Waals surface area contributed by atoms with Crippen molar-refractivity contribution >= 4 is 17.3 Å². The van der Waals surface area contributed by atoms with Gasteiger partial charge >= 0.3 is 0 Å². The minimum Gasteiger partial charge on any atom is -0.378 e. The van der Waals surface area contributed by atoms with Crippen LogP contribution in [0.4, 0.5) is 11.4 Å². The molecule has 24 heavy (non-hydrogen) atoms. The predicted molar refractivity (Wildman–Crippen MR) is 95.9 cm³/mol. The summed E-state index contributed by atoms with van der Waals surface area (Å²) < 4.78 is 5.41. The van der Waals surface area contributed by atoms with Crippen LogP contribution in [0.1, 0.15) is 21.6 Å². The highest BCUT2D eigenvalue weighted by atomic mass is 16.5. The molecule has 1 aliphatic heterocycles. The molecule has 0 aliphatic carbocycles. The summed E-state index contributed by atoms with van der Waals surface area (Å²) in [6, 6.07) is 9.68. The molecular formula is C19H23N3O2. The molecule has 0 atom stereocenters. The number of aromatic nitrogens is 1. The molecule has 5 nitrogen and oxygen atoms in total. The zero-order valence-electron chi connectivity index (χ0n) is 14.5. The van der Waals surface area contributed by atoms with Crippen LogP contribution in [0.5, 0.6) is 0 Å². The summed E-state index contributed by atoms with van der Waals surface area (Å²) >= 11 is 0. The zero-order valence-corrected chi connectivity index (χ0v) is 14.5. The van der Waals surface area contributed by atoms with Crippen LogP contribution in [0.15, 0.2) is 36.5 Å². The number of benzene rings is 1. The second-order valence-corrected chi connectivity index (χ2v) is 6.12. The van der Waals surface area contributed by atoms with Crippen LogP contribution in [-0.4, -0.2) is 44.2 Å². The quantitative estimate of drug-likeness (QED) is 0.870. The summed E-state index contributed by atoms with van der Waals surface area (Å²) in [7, 11) is 1.79. The Morgan fingerprint density at radius 2 is 1.92 bits per heavy atom. The lowest BCUT2D eigenvalue weighted by Gasteiger charge is -2.30. The van der Waals surface area contributed by atoms with Gasteiger partial charge in [-0.3, -0.25) is 9.78 Å². The molecule has 0 bridgehead atoms. The third-order valence-electron chi connectivity index (χ3n) is 4.37. The lowest BCUT2D eigenvalue weighted by atomic mass is 10.1. The van der Waals surface area contributed by atoms with E-state index in [4.69, 9.17) is 4.74 Å². The maximum atomic E-state index is 12.8. The molecule has 0 unspecified atom stereocenters. The first-order chi connectivity index (χ1) is 11.6. The Labute approximate surface area is 142 Å². The number of anilines is 2. The largest absolute Gasteiger partial charge is 0.378 e. The predicted octanol–water partition coefficient (Wildman–Crippen LogP) is 2.81. The Morgan fingerprint density at radius 3 is 2.58 bits per heavy atom. The van der Waals surface area contributed by atoms with Gasteiger partial charge in [0.15, 0.2) is 0 Å². The molecule has 1 aromatic heterocycles. The monoisotopic (exact) mass is 325 g/mol. The standard InChI is InChI=1S/C19H23N3O2/c1-14-12-16(4-5-18(14)22-8-10-24-11-9-22)19(23)21(3)17-6-7-20-15(2)13-17/h4-7,12-13H,8-11H2,1-3H3. The Balaban J connectivity index is 1.81. The summed E-state index contributed by atoms with van der Waals surface area (Å²) in [5, 5.41) is 0. The van der Waals surface area contributed by atoms with Crippen molar-refractivity contribution in [3.05, 3.63) is 53.3 Å². The minimum absolute atomic E-state index is 0.0165. The third-order valence-corrected chi connectivity index (χ3v) is 4.37. The van der Waals surface area contributed by atoms with Gasteiger partial charge in [-0.05, 0) is 49.7 Å². The average Bonchev–Trinajstić information content (AvgIpc) is 2.61. The molecule has 1 aromatic carbocycles. The summed E-state index contributed by atoms with van der Waals surface area (Å²) in [6.45, 7) is 7.27. The van der Waals surface area contributed by atoms with Gasteiger partial charge in [-0.15, -0.1) is 0 Å². The Kier molecular flexibility index (Phi) is 4.81. The Morgan fingerprint density at radius 1 is 1.17 bits per heavy atom. The van der Waals surface area contributed by atoms with Gasteiger partial charge < -0.3 is 14.5 Å². The number of carbonyl (C=O) groups is 1. The van der Waals surface area contributed by atoms with Crippen molar-refractivity contribution < 1.29 is 9.53 Å². The van der Waals surface area contributed by atoms with Crippen LogP contribution < -0.4 is 9.80 Å². The SMILES string of the molecule is Cc1cc(N(C)C(=O)c2ccc(N3CCOCC3)c(C)c2)ccn1. The summed E-state index contributed by atoms with van der Waals surface area (Å²) in [5.41, 5.74) is 4.73. The fourth-order valence-electron chi connectivity index (χ4n) is 3.00. The molecule has 2 heterocycles. The van der Waals surface area contributed by atoms with E-state index in [1.807, 2.05) is 37.3 Å². The van der Waals surface area contributed by atoms with Gasteiger partial charge in [-0.1, -0.05) is 0 Å². The molecule has 1 fully saturated rings. The van der Waals surface area contributed by atoms with Gasteiger partial charge in [-0.25, -0.2) is 0 Å². The molecule has 1 saturated heterocycles. The van der Waals surface area contributed by atoms with Crippen molar-refractivity contribution in [3.63, 3.8) is 0 Å². The van der Waals surface area contributed by atoms with Crippen LogP contribution in [0.3, 0.4) is 0 Å². The van der Waals surface area contributed by atoms with Crippen molar-refractivity contribution in [1.82, 2.24) is 4.98 Å². The second-order valence-electron chi connectivity index (χ2n) is 6.12. The van der Waals surface area contributed by atoms with Crippen LogP contribution in [0, 0.1) is 13.8 Å². The first-order valence-corrected chi connectivity index (χ1v) is 8.20. The van der Waals surface area contributed by atoms with Crippen molar-refractivity contribution in [2.24, 2.45) is 0 Å². The topological polar surface area (TPSA) is 45.7 Å². The van der Waals surface area contributed by atoms with Crippen LogP contribution >= 0.6 is 0 Å². The molecule has 0 saturated carbocycles. The number of pyridine rings is 1. The summed E-state index contributed by atoms with van der Waals surface area (Å²) in [4.78, 5) is 20.9. The van der Waals surface area contributed by atoms with E-state index < -0.39 is 0 Å². The number of nitrogens with zero attached hydrogens (tertiary/aromatic N) is 3. The van der Waals surface area contributed by atoms with Crippen molar-refractivity contribution in [2.45, 2.75) is 13.8 Å². The average molecular weight is 325 g/mol. The van der Waals surface area contributed by atoms with Crippen LogP contribution in [-0.2, 0) is 4.74 Å². The number of aryl methyl sites for hydroxylation is 2. The van der Waals surface area contributed by atoms with Gasteiger partial charge in [-0.2, -0.15) is 0 Å². The normalized spacial score (nSPS) is 14.5. The van der Waals surface area contributed by atoms with E-state index in [-0.39, 0.29) is 5.91 Å². The second kappa shape index (κ2) is 7.01. The highest BCUT2D eigenvalue weighted by Crippen LogP contribution is 2.24. The number of amides is 1. The molecule has 1 amide bonds. The Bertz CT molecular complexity index is 739. The molecular weight excluding hydrogens is 302 g/mol. The number of morpholine rings is 1. The molecule has 0 spiro atoms. The maximum Gasteiger partial charge on any atom is 0.258 e. The van der Waals surface area contributed by atoms with E-state index in [1.165, 1.54) is 5.69 Å². The highest BCUT2D eigenvalue weighted by Gasteiger charge is 2.17. The zero-order chi connectivity index (χ0) is 17.1. The van der Waals surface area contributed by atoms with E-state index in [1.54, 1.807) is 18.1 Å². The van der Waals surface area contributed by atoms with Crippen molar-refractivity contribution in [3.8, 4) is 0 Å². The van der Waals surface area contributed by atoms with Crippen molar-refractivity contribution in [2.75, 3.05) is 43.2 Å². The van der Waals surface area contributed by atoms with Gasteiger partial charge in [0.2, 0.25) is 0 Å². The van der Waals surface area contributed by atoms with Gasteiger partial charge in [0.1, 0.15) is 0 Å². The van der Waals surface area contributed by atoms with Gasteiger partial charge in [0.25, 0.3) is 5.91 Å². The van der Waals surface area contributed by atoms with Crippen LogP contribution in [0.25, 0.3) is 0 Å². The molecule has 0 radical (unpaired) electrons. The molecule has 126 valence electrons. The molecule has 0 N–H and O–H groups in total. The smallest absolute Gasteiger partial charge is 0.258 e. The first-order valence-electron chi connectivity index (χ1n) is 8.20. The van der Waals surface area contributed by atoms with E-state index in [0.29, 0.717) is 5.56 Å². The fourth-order valence-corrected chi connectivity index (χ4v) is 3.00. The summed E-state index contributed by atoms with van der Waals surface area (Å²) in [5.74, 6) is -0.0165. The fraction of sp³-hybridized carbons (Fsp3) is 0.368. The third kappa shape index (κ3) is 3.41. The molecule has 2 aromatic rings. The number of hydrogen-bond acceptors (Lipinski definition) is 4. The first kappa shape index (κ1) is 16.5. The van der Waals surface area contributed by atoms with E-state index in [0.717, 1.165) is 43.2 Å². The van der Waals surface area contributed by atoms with Crippen LogP contribution in [0.2, 0.25) is 0 Å². The lowest BCUT2D eigenvalue weighted by Crippen LogP contribution is -2.36. The molecule has 1 aliphatic rings. The van der Waals surface area contributed by atoms with Crippen molar-refractivity contribution in [1.29, 1.82) is 0 Å². The number of hydrogen-bond donors (Lipinski definition) is 0. The minimum atomic E-state index is -0.0165. The van der Waals surface area contributed by atoms with E-state index >= 15 is 0 Å². The molecule has 3 rings (SSSR count). The number of rotatable bonds is 3. The number of carbonyl (C=O) groups excluding carboxylic acids is 1. The maximum absolute atomic E-state index is 12.8. The lowest BCUT2D eigenvalue weighted by molar-refractivity contribution is 0.0993. The van der Waals surface area contributed by atoms with Gasteiger partial charge in [0, 0.05) is 49.0 Å². The number of ether oxygens (including phenoxy) is 1. The Hall–Kier alpha value is -2.40. The van der Waals surface area contributed by atoms with E-state index in [2.05, 4.69) is 16.8 Å². The summed E-state index contributed by atoms with van der Waals surface area (Å²) in [6.07, 6.45) is 1.72. The highest BCUT2D eigenvalue weighted by molar-refractivity contribution is 6.06. The van der Waals surface area contributed by atoms with Gasteiger partial charge in [0.05, 0.1) is 13.2 Å². The van der Waals surface area contributed by atoms with E-state index in [9.17, 15) is 4.79 Å². The molecule has 5 heteroatoms.